The van der Waals surface area contributed by atoms with E-state index >= 15 is 0 Å². The van der Waals surface area contributed by atoms with Gasteiger partial charge in [-0.1, -0.05) is 24.3 Å². The second-order valence-corrected chi connectivity index (χ2v) is 5.62. The number of pyridine rings is 1. The fourth-order valence-corrected chi connectivity index (χ4v) is 2.50. The minimum absolute atomic E-state index is 0.0453. The van der Waals surface area contributed by atoms with Gasteiger partial charge >= 0.3 is 0 Å². The van der Waals surface area contributed by atoms with Crippen molar-refractivity contribution in [1.82, 2.24) is 10.3 Å². The van der Waals surface area contributed by atoms with Crippen molar-refractivity contribution in [2.45, 2.75) is 6.54 Å². The Labute approximate surface area is 141 Å². The van der Waals surface area contributed by atoms with Crippen molar-refractivity contribution in [3.05, 3.63) is 54.2 Å². The Morgan fingerprint density at radius 2 is 1.92 bits per heavy atom. The zero-order valence-corrected chi connectivity index (χ0v) is 13.6. The predicted molar refractivity (Wildman–Crippen MR) is 94.0 cm³/mol. The van der Waals surface area contributed by atoms with E-state index < -0.39 is 0 Å². The highest BCUT2D eigenvalue weighted by molar-refractivity contribution is 5.80. The Morgan fingerprint density at radius 1 is 1.12 bits per heavy atom. The first-order valence-corrected chi connectivity index (χ1v) is 8.14. The van der Waals surface area contributed by atoms with Gasteiger partial charge in [-0.15, -0.1) is 0 Å². The van der Waals surface area contributed by atoms with Crippen molar-refractivity contribution in [1.29, 1.82) is 0 Å². The highest BCUT2D eigenvalue weighted by atomic mass is 16.5. The average molecular weight is 326 g/mol. The Balaban J connectivity index is 1.43. The standard InChI is InChI=1S/C18H22N4O2/c23-18(14-19-16-4-2-1-3-5-16)21-13-15-6-7-17(20-12-15)22-8-10-24-11-9-22/h1-7,12,19H,8-11,13-14H2,(H,21,23). The Hall–Kier alpha value is -2.60. The van der Waals surface area contributed by atoms with E-state index in [1.165, 1.54) is 0 Å². The van der Waals surface area contributed by atoms with Crippen molar-refractivity contribution in [2.75, 3.05) is 43.1 Å². The van der Waals surface area contributed by atoms with Crippen LogP contribution in [0.3, 0.4) is 0 Å². The van der Waals surface area contributed by atoms with E-state index in [0.717, 1.165) is 43.4 Å². The largest absolute Gasteiger partial charge is 0.378 e. The molecule has 2 N–H and O–H groups in total. The van der Waals surface area contributed by atoms with Gasteiger partial charge in [-0.2, -0.15) is 0 Å². The van der Waals surface area contributed by atoms with E-state index in [2.05, 4.69) is 20.5 Å². The molecule has 3 rings (SSSR count). The number of hydrogen-bond acceptors (Lipinski definition) is 5. The van der Waals surface area contributed by atoms with Gasteiger partial charge in [-0.3, -0.25) is 4.79 Å². The summed E-state index contributed by atoms with van der Waals surface area (Å²) in [7, 11) is 0. The number of morpholine rings is 1. The summed E-state index contributed by atoms with van der Waals surface area (Å²) in [6.07, 6.45) is 1.82. The summed E-state index contributed by atoms with van der Waals surface area (Å²) in [5.41, 5.74) is 1.92. The summed E-state index contributed by atoms with van der Waals surface area (Å²) < 4.78 is 5.34. The van der Waals surface area contributed by atoms with Gasteiger partial charge in [0.25, 0.3) is 0 Å². The summed E-state index contributed by atoms with van der Waals surface area (Å²) in [5, 5.41) is 5.98. The highest BCUT2D eigenvalue weighted by Gasteiger charge is 2.12. The number of ether oxygens (including phenoxy) is 1. The summed E-state index contributed by atoms with van der Waals surface area (Å²) >= 11 is 0. The van der Waals surface area contributed by atoms with Crippen molar-refractivity contribution < 1.29 is 9.53 Å². The Kier molecular flexibility index (Phi) is 5.63. The maximum absolute atomic E-state index is 11.9. The molecule has 1 aromatic carbocycles. The molecular formula is C18H22N4O2. The van der Waals surface area contributed by atoms with Gasteiger partial charge in [0.1, 0.15) is 5.82 Å². The fourth-order valence-electron chi connectivity index (χ4n) is 2.50. The molecule has 0 saturated carbocycles. The number of carbonyl (C=O) groups excluding carboxylic acids is 1. The van der Waals surface area contributed by atoms with Crippen molar-refractivity contribution in [2.24, 2.45) is 0 Å². The zero-order chi connectivity index (χ0) is 16.6. The van der Waals surface area contributed by atoms with Crippen LogP contribution in [0.4, 0.5) is 11.5 Å². The minimum Gasteiger partial charge on any atom is -0.378 e. The van der Waals surface area contributed by atoms with E-state index in [1.54, 1.807) is 0 Å². The van der Waals surface area contributed by atoms with Gasteiger partial charge in [0.15, 0.2) is 0 Å². The fraction of sp³-hybridized carbons (Fsp3) is 0.333. The van der Waals surface area contributed by atoms with Crippen molar-refractivity contribution in [3.8, 4) is 0 Å². The number of nitrogens with one attached hydrogen (secondary N) is 2. The molecule has 1 saturated heterocycles. The second kappa shape index (κ2) is 8.31. The lowest BCUT2D eigenvalue weighted by atomic mass is 10.2. The average Bonchev–Trinajstić information content (AvgIpc) is 2.67. The molecule has 1 aliphatic heterocycles. The summed E-state index contributed by atoms with van der Waals surface area (Å²) in [4.78, 5) is 18.6. The monoisotopic (exact) mass is 326 g/mol. The molecule has 6 heteroatoms. The molecule has 1 aromatic heterocycles. The van der Waals surface area contributed by atoms with Crippen LogP contribution in [0.5, 0.6) is 0 Å². The lowest BCUT2D eigenvalue weighted by Gasteiger charge is -2.27. The van der Waals surface area contributed by atoms with Crippen LogP contribution in [0, 0.1) is 0 Å². The zero-order valence-electron chi connectivity index (χ0n) is 13.6. The molecule has 0 atom stereocenters. The third kappa shape index (κ3) is 4.70. The number of carbonyl (C=O) groups is 1. The second-order valence-electron chi connectivity index (χ2n) is 5.62. The lowest BCUT2D eigenvalue weighted by molar-refractivity contribution is -0.119. The number of benzene rings is 1. The normalized spacial score (nSPS) is 14.2. The molecule has 0 radical (unpaired) electrons. The molecule has 0 unspecified atom stereocenters. The van der Waals surface area contributed by atoms with Crippen LogP contribution in [0.1, 0.15) is 5.56 Å². The number of rotatable bonds is 6. The van der Waals surface area contributed by atoms with E-state index in [9.17, 15) is 4.79 Å². The first kappa shape index (κ1) is 16.3. The molecule has 1 aliphatic rings. The molecular weight excluding hydrogens is 304 g/mol. The van der Waals surface area contributed by atoms with Crippen LogP contribution in [0.2, 0.25) is 0 Å². The van der Waals surface area contributed by atoms with Crippen LogP contribution in [-0.2, 0) is 16.1 Å². The minimum atomic E-state index is -0.0453. The van der Waals surface area contributed by atoms with Crippen LogP contribution in [0.25, 0.3) is 0 Å². The van der Waals surface area contributed by atoms with Gasteiger partial charge in [0, 0.05) is 31.5 Å². The van der Waals surface area contributed by atoms with E-state index in [4.69, 9.17) is 4.74 Å². The van der Waals surface area contributed by atoms with Gasteiger partial charge in [-0.25, -0.2) is 4.98 Å². The summed E-state index contributed by atoms with van der Waals surface area (Å²) in [5.74, 6) is 0.912. The van der Waals surface area contributed by atoms with E-state index in [-0.39, 0.29) is 12.5 Å². The van der Waals surface area contributed by atoms with E-state index in [0.29, 0.717) is 6.54 Å². The van der Waals surface area contributed by atoms with Crippen molar-refractivity contribution >= 4 is 17.4 Å². The van der Waals surface area contributed by atoms with Gasteiger partial charge in [0.05, 0.1) is 19.8 Å². The molecule has 1 amide bonds. The molecule has 2 heterocycles. The first-order chi connectivity index (χ1) is 11.8. The SMILES string of the molecule is O=C(CNc1ccccc1)NCc1ccc(N2CCOCC2)nc1. The van der Waals surface area contributed by atoms with Crippen molar-refractivity contribution in [3.63, 3.8) is 0 Å². The van der Waals surface area contributed by atoms with Crippen LogP contribution >= 0.6 is 0 Å². The number of anilines is 2. The third-order valence-corrected chi connectivity index (χ3v) is 3.86. The molecule has 1 fully saturated rings. The molecule has 0 bridgehead atoms. The Morgan fingerprint density at radius 3 is 2.62 bits per heavy atom. The van der Waals surface area contributed by atoms with Gasteiger partial charge in [0.2, 0.25) is 5.91 Å². The number of para-hydroxylation sites is 1. The molecule has 0 spiro atoms. The molecule has 6 nitrogen and oxygen atoms in total. The summed E-state index contributed by atoms with van der Waals surface area (Å²) in [6, 6.07) is 13.7. The quantitative estimate of drug-likeness (QED) is 0.845. The van der Waals surface area contributed by atoms with Crippen LogP contribution in [0.15, 0.2) is 48.7 Å². The highest BCUT2D eigenvalue weighted by Crippen LogP contribution is 2.13. The number of aromatic nitrogens is 1. The smallest absolute Gasteiger partial charge is 0.239 e. The molecule has 126 valence electrons. The topological polar surface area (TPSA) is 66.5 Å². The predicted octanol–water partition coefficient (Wildman–Crippen LogP) is 1.65. The molecule has 24 heavy (non-hydrogen) atoms. The number of nitrogens with zero attached hydrogens (tertiary/aromatic N) is 2. The van der Waals surface area contributed by atoms with Crippen LogP contribution < -0.4 is 15.5 Å². The molecule has 0 aliphatic carbocycles. The Bertz CT molecular complexity index is 640. The maximum atomic E-state index is 11.9. The first-order valence-electron chi connectivity index (χ1n) is 8.14. The summed E-state index contributed by atoms with van der Waals surface area (Å²) in [6.45, 7) is 3.96. The number of hydrogen-bond donors (Lipinski definition) is 2. The van der Waals surface area contributed by atoms with Gasteiger partial charge in [-0.05, 0) is 23.8 Å². The maximum Gasteiger partial charge on any atom is 0.239 e. The van der Waals surface area contributed by atoms with E-state index in [1.807, 2.05) is 48.7 Å². The van der Waals surface area contributed by atoms with Gasteiger partial charge < -0.3 is 20.3 Å². The van der Waals surface area contributed by atoms with Crippen LogP contribution in [-0.4, -0.2) is 43.7 Å². The third-order valence-electron chi connectivity index (χ3n) is 3.86. The lowest BCUT2D eigenvalue weighted by Crippen LogP contribution is -2.36. The number of amides is 1. The molecule has 2 aromatic rings.